The topological polar surface area (TPSA) is 55.8 Å². The Hall–Kier alpha value is -2.24. The Morgan fingerprint density at radius 3 is 2.52 bits per heavy atom. The molecule has 2 aromatic carbocycles. The smallest absolute Gasteiger partial charge is 0.340 e. The number of methoxy groups -OCH3 is 1. The van der Waals surface area contributed by atoms with Gasteiger partial charge in [0.05, 0.1) is 22.7 Å². The van der Waals surface area contributed by atoms with E-state index in [1.807, 2.05) is 24.3 Å². The van der Waals surface area contributed by atoms with Crippen LogP contribution >= 0.6 is 23.2 Å². The third kappa shape index (κ3) is 4.87. The van der Waals surface area contributed by atoms with E-state index in [4.69, 9.17) is 32.7 Å². The Labute approximate surface area is 156 Å². The molecule has 7 heteroatoms. The molecule has 1 amide bonds. The third-order valence-corrected chi connectivity index (χ3v) is 4.34. The zero-order chi connectivity index (χ0) is 18.4. The second kappa shape index (κ2) is 8.74. The highest BCUT2D eigenvalue weighted by Gasteiger charge is 2.17. The molecule has 0 bridgehead atoms. The van der Waals surface area contributed by atoms with Gasteiger partial charge in [0, 0.05) is 19.2 Å². The summed E-state index contributed by atoms with van der Waals surface area (Å²) in [4.78, 5) is 25.7. The molecule has 25 heavy (non-hydrogen) atoms. The summed E-state index contributed by atoms with van der Waals surface area (Å²) >= 11 is 11.8. The molecule has 0 aliphatic heterocycles. The van der Waals surface area contributed by atoms with E-state index in [1.165, 1.54) is 11.0 Å². The van der Waals surface area contributed by atoms with Crippen molar-refractivity contribution in [1.82, 2.24) is 4.90 Å². The quantitative estimate of drug-likeness (QED) is 0.713. The van der Waals surface area contributed by atoms with E-state index in [0.29, 0.717) is 12.3 Å². The first-order valence-electron chi connectivity index (χ1n) is 7.41. The number of hydrogen-bond donors (Lipinski definition) is 0. The van der Waals surface area contributed by atoms with Crippen LogP contribution in [0.15, 0.2) is 42.5 Å². The monoisotopic (exact) mass is 381 g/mol. The van der Waals surface area contributed by atoms with Gasteiger partial charge in [-0.3, -0.25) is 4.79 Å². The van der Waals surface area contributed by atoms with E-state index in [9.17, 15) is 9.59 Å². The van der Waals surface area contributed by atoms with Gasteiger partial charge >= 0.3 is 5.97 Å². The molecule has 0 aliphatic carbocycles. The van der Waals surface area contributed by atoms with Crippen LogP contribution in [-0.2, 0) is 16.1 Å². The van der Waals surface area contributed by atoms with E-state index in [2.05, 4.69) is 0 Å². The number of halogens is 2. The minimum Gasteiger partial charge on any atom is -0.496 e. The van der Waals surface area contributed by atoms with Crippen LogP contribution in [0.2, 0.25) is 10.0 Å². The lowest BCUT2D eigenvalue weighted by molar-refractivity contribution is -0.133. The van der Waals surface area contributed by atoms with E-state index < -0.39 is 12.6 Å². The SMILES string of the molecule is COc1ccccc1CN(C)C(=O)COC(=O)c1cccc(Cl)c1Cl. The lowest BCUT2D eigenvalue weighted by Crippen LogP contribution is -2.31. The van der Waals surface area contributed by atoms with Crippen molar-refractivity contribution in [3.05, 3.63) is 63.6 Å². The van der Waals surface area contributed by atoms with Crippen LogP contribution in [0.1, 0.15) is 15.9 Å². The second-order valence-electron chi connectivity index (χ2n) is 5.24. The molecule has 132 valence electrons. The summed E-state index contributed by atoms with van der Waals surface area (Å²) in [6.45, 7) is -0.0638. The molecule has 0 saturated heterocycles. The molecule has 0 fully saturated rings. The molecule has 0 aromatic heterocycles. The zero-order valence-electron chi connectivity index (χ0n) is 13.8. The number of carbonyl (C=O) groups excluding carboxylic acids is 2. The lowest BCUT2D eigenvalue weighted by atomic mass is 10.2. The van der Waals surface area contributed by atoms with Crippen molar-refractivity contribution < 1.29 is 19.1 Å². The van der Waals surface area contributed by atoms with E-state index in [0.717, 1.165) is 5.56 Å². The molecule has 0 N–H and O–H groups in total. The second-order valence-corrected chi connectivity index (χ2v) is 6.02. The molecular weight excluding hydrogens is 365 g/mol. The number of nitrogens with zero attached hydrogens (tertiary/aromatic N) is 1. The number of para-hydroxylation sites is 1. The van der Waals surface area contributed by atoms with Crippen LogP contribution in [0, 0.1) is 0 Å². The van der Waals surface area contributed by atoms with Crippen LogP contribution in [0.3, 0.4) is 0 Å². The Morgan fingerprint density at radius 2 is 1.80 bits per heavy atom. The molecule has 0 unspecified atom stereocenters. The molecule has 2 rings (SSSR count). The number of ether oxygens (including phenoxy) is 2. The van der Waals surface area contributed by atoms with Gasteiger partial charge in [-0.2, -0.15) is 0 Å². The van der Waals surface area contributed by atoms with Crippen LogP contribution in [0.4, 0.5) is 0 Å². The standard InChI is InChI=1S/C18H17Cl2NO4/c1-21(10-12-6-3-4-9-15(12)24-2)16(22)11-25-18(23)13-7-5-8-14(19)17(13)20/h3-9H,10-11H2,1-2H3. The molecule has 2 aromatic rings. The highest BCUT2D eigenvalue weighted by molar-refractivity contribution is 6.43. The van der Waals surface area contributed by atoms with Gasteiger partial charge in [-0.1, -0.05) is 47.5 Å². The van der Waals surface area contributed by atoms with Crippen molar-refractivity contribution in [2.24, 2.45) is 0 Å². The zero-order valence-corrected chi connectivity index (χ0v) is 15.3. The number of carbonyl (C=O) groups is 2. The summed E-state index contributed by atoms with van der Waals surface area (Å²) < 4.78 is 10.3. The van der Waals surface area contributed by atoms with E-state index in [1.54, 1.807) is 26.3 Å². The Bertz CT molecular complexity index is 779. The Balaban J connectivity index is 1.95. The molecule has 0 heterocycles. The van der Waals surface area contributed by atoms with Gasteiger partial charge in [-0.15, -0.1) is 0 Å². The fraction of sp³-hybridized carbons (Fsp3) is 0.222. The van der Waals surface area contributed by atoms with Crippen LogP contribution in [0.5, 0.6) is 5.75 Å². The van der Waals surface area contributed by atoms with Gasteiger partial charge in [0.15, 0.2) is 6.61 Å². The average Bonchev–Trinajstić information content (AvgIpc) is 2.62. The van der Waals surface area contributed by atoms with Gasteiger partial charge in [0.2, 0.25) is 0 Å². The molecule has 0 atom stereocenters. The third-order valence-electron chi connectivity index (χ3n) is 3.52. The number of rotatable bonds is 6. The summed E-state index contributed by atoms with van der Waals surface area (Å²) in [6.07, 6.45) is 0. The number of hydrogen-bond acceptors (Lipinski definition) is 4. The van der Waals surface area contributed by atoms with Crippen molar-refractivity contribution >= 4 is 35.1 Å². The van der Waals surface area contributed by atoms with Crippen LogP contribution in [-0.4, -0.2) is 37.5 Å². The van der Waals surface area contributed by atoms with Crippen molar-refractivity contribution in [3.8, 4) is 5.75 Å². The first-order valence-corrected chi connectivity index (χ1v) is 8.16. The maximum Gasteiger partial charge on any atom is 0.340 e. The normalized spacial score (nSPS) is 10.2. The summed E-state index contributed by atoms with van der Waals surface area (Å²) in [5.74, 6) is -0.367. The van der Waals surface area contributed by atoms with Crippen LogP contribution < -0.4 is 4.74 Å². The first kappa shape index (κ1) is 19.1. The number of benzene rings is 2. The van der Waals surface area contributed by atoms with Crippen molar-refractivity contribution in [1.29, 1.82) is 0 Å². The van der Waals surface area contributed by atoms with Gasteiger partial charge < -0.3 is 14.4 Å². The van der Waals surface area contributed by atoms with Gasteiger partial charge in [0.25, 0.3) is 5.91 Å². The summed E-state index contributed by atoms with van der Waals surface area (Å²) in [6, 6.07) is 12.0. The molecule has 0 aliphatic rings. The number of likely N-dealkylation sites (N-methyl/N-ethyl adjacent to an activating group) is 1. The maximum atomic E-state index is 12.2. The fourth-order valence-electron chi connectivity index (χ4n) is 2.15. The Morgan fingerprint density at radius 1 is 1.08 bits per heavy atom. The summed E-state index contributed by atoms with van der Waals surface area (Å²) in [5.41, 5.74) is 0.972. The average molecular weight is 382 g/mol. The highest BCUT2D eigenvalue weighted by Crippen LogP contribution is 2.26. The van der Waals surface area contributed by atoms with Gasteiger partial charge in [0.1, 0.15) is 5.75 Å². The maximum absolute atomic E-state index is 12.2. The highest BCUT2D eigenvalue weighted by atomic mass is 35.5. The van der Waals surface area contributed by atoms with Crippen molar-refractivity contribution in [3.63, 3.8) is 0 Å². The lowest BCUT2D eigenvalue weighted by Gasteiger charge is -2.18. The van der Waals surface area contributed by atoms with Gasteiger partial charge in [-0.25, -0.2) is 4.79 Å². The molecule has 0 radical (unpaired) electrons. The fourth-order valence-corrected chi connectivity index (χ4v) is 2.53. The summed E-state index contributed by atoms with van der Waals surface area (Å²) in [7, 11) is 3.19. The van der Waals surface area contributed by atoms with Gasteiger partial charge in [-0.05, 0) is 18.2 Å². The number of esters is 1. The predicted octanol–water partition coefficient (Wildman–Crippen LogP) is 3.82. The van der Waals surface area contributed by atoms with Crippen molar-refractivity contribution in [2.75, 3.05) is 20.8 Å². The Kier molecular flexibility index (Phi) is 6.67. The first-order chi connectivity index (χ1) is 11.9. The van der Waals surface area contributed by atoms with E-state index >= 15 is 0 Å². The predicted molar refractivity (Wildman–Crippen MR) is 96.2 cm³/mol. The summed E-state index contributed by atoms with van der Waals surface area (Å²) in [5, 5.41) is 0.347. The minimum atomic E-state index is -0.702. The largest absolute Gasteiger partial charge is 0.496 e. The minimum absolute atomic E-state index is 0.101. The molecule has 0 spiro atoms. The molecule has 0 saturated carbocycles. The number of amides is 1. The van der Waals surface area contributed by atoms with E-state index in [-0.39, 0.29) is 21.5 Å². The van der Waals surface area contributed by atoms with Crippen molar-refractivity contribution in [2.45, 2.75) is 6.54 Å². The van der Waals surface area contributed by atoms with Crippen LogP contribution in [0.25, 0.3) is 0 Å². The molecular formula is C18H17Cl2NO4. The molecule has 5 nitrogen and oxygen atoms in total.